The van der Waals surface area contributed by atoms with Gasteiger partial charge in [-0.05, 0) is 30.2 Å². The van der Waals surface area contributed by atoms with Crippen LogP contribution >= 0.6 is 0 Å². The van der Waals surface area contributed by atoms with E-state index in [4.69, 9.17) is 0 Å². The molecule has 1 nitrogen and oxygen atoms in total. The van der Waals surface area contributed by atoms with Gasteiger partial charge in [-0.2, -0.15) is 13.2 Å². The first-order valence-electron chi connectivity index (χ1n) is 4.72. The van der Waals surface area contributed by atoms with Gasteiger partial charge in [-0.15, -0.1) is 0 Å². The van der Waals surface area contributed by atoms with Crippen LogP contribution in [0.1, 0.15) is 18.1 Å². The Morgan fingerprint density at radius 2 is 1.88 bits per heavy atom. The molecule has 0 atom stereocenters. The van der Waals surface area contributed by atoms with E-state index in [2.05, 4.69) is 4.99 Å². The summed E-state index contributed by atoms with van der Waals surface area (Å²) in [4.78, 5) is 3.71. The first-order chi connectivity index (χ1) is 7.46. The molecule has 0 saturated heterocycles. The number of rotatable bonds is 2. The van der Waals surface area contributed by atoms with Gasteiger partial charge in [0.2, 0.25) is 0 Å². The first kappa shape index (κ1) is 12.5. The third-order valence-corrected chi connectivity index (χ3v) is 2.13. The summed E-state index contributed by atoms with van der Waals surface area (Å²) in [6.07, 6.45) is -1.29. The molecule has 0 radical (unpaired) electrons. The average Bonchev–Trinajstić information content (AvgIpc) is 2.24. The molecule has 0 aliphatic heterocycles. The Morgan fingerprint density at radius 1 is 1.25 bits per heavy atom. The lowest BCUT2D eigenvalue weighted by Gasteiger charge is -2.12. The minimum atomic E-state index is -4.32. The van der Waals surface area contributed by atoms with Crippen LogP contribution in [0.5, 0.6) is 0 Å². The quantitative estimate of drug-likeness (QED) is 0.681. The number of hydrogen-bond acceptors (Lipinski definition) is 1. The van der Waals surface area contributed by atoms with Crippen molar-refractivity contribution >= 4 is 11.8 Å². The number of aliphatic imine (C=N–C) groups is 1. The highest BCUT2D eigenvalue weighted by molar-refractivity contribution is 5.84. The second kappa shape index (κ2) is 4.96. The zero-order valence-electron chi connectivity index (χ0n) is 9.05. The number of benzene rings is 1. The van der Waals surface area contributed by atoms with Crippen LogP contribution in [0.4, 0.5) is 13.2 Å². The normalized spacial score (nSPS) is 13.4. The average molecular weight is 227 g/mol. The van der Waals surface area contributed by atoms with Crippen LogP contribution in [0.3, 0.4) is 0 Å². The molecule has 0 amide bonds. The van der Waals surface area contributed by atoms with Crippen molar-refractivity contribution in [2.24, 2.45) is 4.99 Å². The third kappa shape index (κ3) is 2.95. The largest absolute Gasteiger partial charge is 0.416 e. The smallest absolute Gasteiger partial charge is 0.297 e. The minimum Gasteiger partial charge on any atom is -0.297 e. The SMILES string of the molecule is CN=CC=C(C)c1ccccc1C(F)(F)F. The molecule has 0 fully saturated rings. The zero-order valence-corrected chi connectivity index (χ0v) is 9.05. The number of allylic oxidation sites excluding steroid dienone is 2. The van der Waals surface area contributed by atoms with Crippen LogP contribution in [0, 0.1) is 0 Å². The van der Waals surface area contributed by atoms with Crippen molar-refractivity contribution in [1.29, 1.82) is 0 Å². The zero-order chi connectivity index (χ0) is 12.2. The molecule has 0 aromatic heterocycles. The van der Waals surface area contributed by atoms with E-state index in [9.17, 15) is 13.2 Å². The summed E-state index contributed by atoms with van der Waals surface area (Å²) >= 11 is 0. The van der Waals surface area contributed by atoms with Crippen molar-refractivity contribution in [3.8, 4) is 0 Å². The minimum absolute atomic E-state index is 0.190. The summed E-state index contributed by atoms with van der Waals surface area (Å²) in [5, 5.41) is 0. The van der Waals surface area contributed by atoms with Gasteiger partial charge >= 0.3 is 6.18 Å². The molecule has 0 bridgehead atoms. The standard InChI is InChI=1S/C12H12F3N/c1-9(7-8-16-2)10-5-3-4-6-11(10)12(13,14)15/h3-8H,1-2H3. The molecule has 1 rings (SSSR count). The fourth-order valence-electron chi connectivity index (χ4n) is 1.35. The Morgan fingerprint density at radius 3 is 2.44 bits per heavy atom. The first-order valence-corrected chi connectivity index (χ1v) is 4.72. The predicted molar refractivity (Wildman–Crippen MR) is 59.5 cm³/mol. The van der Waals surface area contributed by atoms with Gasteiger partial charge in [0.1, 0.15) is 0 Å². The summed E-state index contributed by atoms with van der Waals surface area (Å²) in [5.41, 5.74) is 0.113. The Bertz CT molecular complexity index is 417. The van der Waals surface area contributed by atoms with E-state index >= 15 is 0 Å². The number of nitrogens with zero attached hydrogens (tertiary/aromatic N) is 1. The lowest BCUT2D eigenvalue weighted by Crippen LogP contribution is -2.08. The molecule has 0 heterocycles. The van der Waals surface area contributed by atoms with Gasteiger partial charge in [-0.25, -0.2) is 0 Å². The Labute approximate surface area is 92.3 Å². The number of halogens is 3. The highest BCUT2D eigenvalue weighted by Gasteiger charge is 2.33. The van der Waals surface area contributed by atoms with E-state index in [1.165, 1.54) is 18.3 Å². The maximum Gasteiger partial charge on any atom is 0.416 e. The lowest BCUT2D eigenvalue weighted by molar-refractivity contribution is -0.137. The van der Waals surface area contributed by atoms with E-state index in [0.717, 1.165) is 6.07 Å². The predicted octanol–water partition coefficient (Wildman–Crippen LogP) is 3.81. The second-order valence-electron chi connectivity index (χ2n) is 3.30. The fourth-order valence-corrected chi connectivity index (χ4v) is 1.35. The van der Waals surface area contributed by atoms with Gasteiger partial charge in [0.15, 0.2) is 0 Å². The van der Waals surface area contributed by atoms with Crippen molar-refractivity contribution in [3.63, 3.8) is 0 Å². The molecule has 1 aromatic rings. The van der Waals surface area contributed by atoms with Gasteiger partial charge in [-0.3, -0.25) is 4.99 Å². The van der Waals surface area contributed by atoms with E-state index in [1.807, 2.05) is 0 Å². The second-order valence-corrected chi connectivity index (χ2v) is 3.30. The van der Waals surface area contributed by atoms with Gasteiger partial charge in [0, 0.05) is 13.3 Å². The molecule has 0 N–H and O–H groups in total. The maximum atomic E-state index is 12.7. The molecule has 0 spiro atoms. The molecule has 4 heteroatoms. The van der Waals surface area contributed by atoms with Gasteiger partial charge in [0.05, 0.1) is 5.56 Å². The van der Waals surface area contributed by atoms with Crippen LogP contribution in [0.25, 0.3) is 5.57 Å². The molecule has 86 valence electrons. The summed E-state index contributed by atoms with van der Waals surface area (Å²) < 4.78 is 38.0. The molecule has 0 aliphatic rings. The topological polar surface area (TPSA) is 12.4 Å². The monoisotopic (exact) mass is 227 g/mol. The van der Waals surface area contributed by atoms with Gasteiger partial charge < -0.3 is 0 Å². The van der Waals surface area contributed by atoms with Crippen LogP contribution in [0.2, 0.25) is 0 Å². The summed E-state index contributed by atoms with van der Waals surface area (Å²) in [6, 6.07) is 5.51. The maximum absolute atomic E-state index is 12.7. The molecule has 16 heavy (non-hydrogen) atoms. The Balaban J connectivity index is 3.24. The highest BCUT2D eigenvalue weighted by atomic mass is 19.4. The highest BCUT2D eigenvalue weighted by Crippen LogP contribution is 2.34. The lowest BCUT2D eigenvalue weighted by atomic mass is 10.0. The molecule has 1 aromatic carbocycles. The van der Waals surface area contributed by atoms with Crippen molar-refractivity contribution in [2.75, 3.05) is 7.05 Å². The summed E-state index contributed by atoms with van der Waals surface area (Å²) in [5.74, 6) is 0. The van der Waals surface area contributed by atoms with E-state index in [-0.39, 0.29) is 5.56 Å². The number of alkyl halides is 3. The van der Waals surface area contributed by atoms with Crippen molar-refractivity contribution in [1.82, 2.24) is 0 Å². The van der Waals surface area contributed by atoms with E-state index in [0.29, 0.717) is 5.57 Å². The van der Waals surface area contributed by atoms with Crippen molar-refractivity contribution < 1.29 is 13.2 Å². The molecule has 0 unspecified atom stereocenters. The van der Waals surface area contributed by atoms with Gasteiger partial charge in [0.25, 0.3) is 0 Å². The van der Waals surface area contributed by atoms with Crippen molar-refractivity contribution in [2.45, 2.75) is 13.1 Å². The molecule has 0 aliphatic carbocycles. The fraction of sp³-hybridized carbons (Fsp3) is 0.250. The van der Waals surface area contributed by atoms with Crippen LogP contribution in [-0.4, -0.2) is 13.3 Å². The van der Waals surface area contributed by atoms with Crippen LogP contribution in [0.15, 0.2) is 35.3 Å². The van der Waals surface area contributed by atoms with Crippen molar-refractivity contribution in [3.05, 3.63) is 41.5 Å². The summed E-state index contributed by atoms with van der Waals surface area (Å²) in [6.45, 7) is 1.63. The molecular formula is C12H12F3N. The Hall–Kier alpha value is -1.58. The summed E-state index contributed by atoms with van der Waals surface area (Å²) in [7, 11) is 1.57. The third-order valence-electron chi connectivity index (χ3n) is 2.13. The van der Waals surface area contributed by atoms with Crippen LogP contribution in [-0.2, 0) is 6.18 Å². The van der Waals surface area contributed by atoms with E-state index < -0.39 is 11.7 Å². The molecular weight excluding hydrogens is 215 g/mol. The van der Waals surface area contributed by atoms with Crippen LogP contribution < -0.4 is 0 Å². The number of hydrogen-bond donors (Lipinski definition) is 0. The Kier molecular flexibility index (Phi) is 3.88. The van der Waals surface area contributed by atoms with E-state index in [1.54, 1.807) is 26.1 Å². The van der Waals surface area contributed by atoms with Gasteiger partial charge in [-0.1, -0.05) is 18.2 Å². The molecule has 0 saturated carbocycles.